The average molecular weight is 296 g/mol. The van der Waals surface area contributed by atoms with Crippen molar-refractivity contribution in [2.45, 2.75) is 0 Å². The van der Waals surface area contributed by atoms with Crippen LogP contribution in [0.4, 0.5) is 20.6 Å². The van der Waals surface area contributed by atoms with Gasteiger partial charge in [-0.3, -0.25) is 0 Å². The summed E-state index contributed by atoms with van der Waals surface area (Å²) in [6, 6.07) is 15.5. The van der Waals surface area contributed by atoms with Crippen LogP contribution in [-0.4, -0.2) is 11.1 Å². The molecule has 0 bridgehead atoms. The topological polar surface area (TPSA) is 61.4 Å². The lowest BCUT2D eigenvalue weighted by atomic mass is 10.1. The highest BCUT2D eigenvalue weighted by molar-refractivity contribution is 6.06. The lowest BCUT2D eigenvalue weighted by Crippen LogP contribution is -2.19. The van der Waals surface area contributed by atoms with E-state index in [1.54, 1.807) is 36.4 Å². The van der Waals surface area contributed by atoms with Gasteiger partial charge in [0.2, 0.25) is 0 Å². The maximum atomic E-state index is 13.1. The maximum Gasteiger partial charge on any atom is 0.323 e. The monoisotopic (exact) mass is 296 g/mol. The number of rotatable bonds is 2. The van der Waals surface area contributed by atoms with Crippen LogP contribution >= 0.6 is 0 Å². The van der Waals surface area contributed by atoms with Crippen molar-refractivity contribution in [2.75, 3.05) is 10.6 Å². The van der Waals surface area contributed by atoms with Crippen molar-refractivity contribution in [2.24, 2.45) is 0 Å². The van der Waals surface area contributed by atoms with Crippen LogP contribution in [0.5, 0.6) is 5.75 Å². The Kier molecular flexibility index (Phi) is 3.62. The molecule has 0 aliphatic heterocycles. The molecule has 3 rings (SSSR count). The van der Waals surface area contributed by atoms with Crippen molar-refractivity contribution >= 4 is 28.2 Å². The van der Waals surface area contributed by atoms with E-state index in [9.17, 15) is 14.3 Å². The van der Waals surface area contributed by atoms with Crippen molar-refractivity contribution in [1.29, 1.82) is 0 Å². The number of urea groups is 1. The van der Waals surface area contributed by atoms with Crippen molar-refractivity contribution in [3.63, 3.8) is 0 Å². The first-order valence-electron chi connectivity index (χ1n) is 6.67. The molecule has 0 spiro atoms. The van der Waals surface area contributed by atoms with Gasteiger partial charge in [-0.1, -0.05) is 18.2 Å². The van der Waals surface area contributed by atoms with E-state index in [0.29, 0.717) is 11.4 Å². The number of hydrogen-bond acceptors (Lipinski definition) is 2. The summed E-state index contributed by atoms with van der Waals surface area (Å²) in [6.07, 6.45) is 0. The smallest absolute Gasteiger partial charge is 0.323 e. The molecule has 0 saturated heterocycles. The lowest BCUT2D eigenvalue weighted by molar-refractivity contribution is 0.262. The standard InChI is InChI=1S/C17H13FN2O2/c18-12-4-2-5-13(10-12)19-17(22)20-16-6-1-3-11-9-14(21)7-8-15(11)16/h1-10,21H,(H2,19,20,22). The van der Waals surface area contributed by atoms with Gasteiger partial charge in [-0.15, -0.1) is 0 Å². The first-order valence-corrected chi connectivity index (χ1v) is 6.67. The van der Waals surface area contributed by atoms with Crippen LogP contribution in [-0.2, 0) is 0 Å². The van der Waals surface area contributed by atoms with Crippen LogP contribution in [0.25, 0.3) is 10.8 Å². The summed E-state index contributed by atoms with van der Waals surface area (Å²) in [7, 11) is 0. The largest absolute Gasteiger partial charge is 0.508 e. The van der Waals surface area contributed by atoms with E-state index in [-0.39, 0.29) is 5.75 Å². The number of halogens is 1. The highest BCUT2D eigenvalue weighted by atomic mass is 19.1. The predicted octanol–water partition coefficient (Wildman–Crippen LogP) is 4.33. The van der Waals surface area contributed by atoms with Crippen LogP contribution in [0.1, 0.15) is 0 Å². The molecule has 0 aliphatic rings. The van der Waals surface area contributed by atoms with E-state index in [4.69, 9.17) is 0 Å². The fourth-order valence-electron chi connectivity index (χ4n) is 2.23. The number of aromatic hydroxyl groups is 1. The lowest BCUT2D eigenvalue weighted by Gasteiger charge is -2.10. The van der Waals surface area contributed by atoms with Gasteiger partial charge in [-0.2, -0.15) is 0 Å². The minimum Gasteiger partial charge on any atom is -0.508 e. The number of hydrogen-bond donors (Lipinski definition) is 3. The number of carbonyl (C=O) groups excluding carboxylic acids is 1. The number of fused-ring (bicyclic) bond motifs is 1. The van der Waals surface area contributed by atoms with Gasteiger partial charge in [0.25, 0.3) is 0 Å². The summed E-state index contributed by atoms with van der Waals surface area (Å²) in [4.78, 5) is 12.0. The summed E-state index contributed by atoms with van der Waals surface area (Å²) in [5.41, 5.74) is 0.974. The van der Waals surface area contributed by atoms with Crippen molar-refractivity contribution < 1.29 is 14.3 Å². The molecule has 0 aliphatic carbocycles. The normalized spacial score (nSPS) is 10.4. The highest BCUT2D eigenvalue weighted by Crippen LogP contribution is 2.26. The number of phenols is 1. The zero-order chi connectivity index (χ0) is 15.5. The first-order chi connectivity index (χ1) is 10.6. The summed E-state index contributed by atoms with van der Waals surface area (Å²) >= 11 is 0. The van der Waals surface area contributed by atoms with Gasteiger partial charge in [0.05, 0.1) is 5.69 Å². The minimum absolute atomic E-state index is 0.161. The summed E-state index contributed by atoms with van der Waals surface area (Å²) in [6.45, 7) is 0. The molecule has 0 aromatic heterocycles. The van der Waals surface area contributed by atoms with Crippen molar-refractivity contribution in [3.05, 3.63) is 66.5 Å². The van der Waals surface area contributed by atoms with Gasteiger partial charge >= 0.3 is 6.03 Å². The SMILES string of the molecule is O=C(Nc1cccc(F)c1)Nc1cccc2cc(O)ccc12. The molecule has 3 aromatic rings. The molecular formula is C17H13FN2O2. The Morgan fingerprint density at radius 1 is 0.955 bits per heavy atom. The van der Waals surface area contributed by atoms with Gasteiger partial charge in [0.15, 0.2) is 0 Å². The third-order valence-corrected chi connectivity index (χ3v) is 3.19. The second-order valence-electron chi connectivity index (χ2n) is 4.80. The predicted molar refractivity (Wildman–Crippen MR) is 84.7 cm³/mol. The molecule has 0 atom stereocenters. The zero-order valence-electron chi connectivity index (χ0n) is 11.5. The third-order valence-electron chi connectivity index (χ3n) is 3.19. The Morgan fingerprint density at radius 2 is 1.77 bits per heavy atom. The van der Waals surface area contributed by atoms with Crippen LogP contribution in [0.3, 0.4) is 0 Å². The Bertz CT molecular complexity index is 849. The summed E-state index contributed by atoms with van der Waals surface area (Å²) in [5.74, 6) is -0.257. The molecule has 4 nitrogen and oxygen atoms in total. The minimum atomic E-state index is -0.467. The molecule has 0 fully saturated rings. The Balaban J connectivity index is 1.82. The molecular weight excluding hydrogens is 283 g/mol. The van der Waals surface area contributed by atoms with Gasteiger partial charge in [-0.05, 0) is 47.9 Å². The third kappa shape index (κ3) is 2.98. The summed E-state index contributed by atoms with van der Waals surface area (Å²) in [5, 5.41) is 16.4. The molecule has 3 N–H and O–H groups in total. The number of phenolic OH excluding ortho intramolecular Hbond substituents is 1. The van der Waals surface area contributed by atoms with Crippen LogP contribution in [0.15, 0.2) is 60.7 Å². The van der Waals surface area contributed by atoms with E-state index in [0.717, 1.165) is 10.8 Å². The number of benzene rings is 3. The quantitative estimate of drug-likeness (QED) is 0.659. The number of anilines is 2. The molecule has 3 aromatic carbocycles. The molecule has 0 unspecified atom stereocenters. The zero-order valence-corrected chi connectivity index (χ0v) is 11.5. The van der Waals surface area contributed by atoms with Gasteiger partial charge < -0.3 is 15.7 Å². The van der Waals surface area contributed by atoms with Crippen molar-refractivity contribution in [1.82, 2.24) is 0 Å². The fraction of sp³-hybridized carbons (Fsp3) is 0. The number of carbonyl (C=O) groups is 1. The average Bonchev–Trinajstić information content (AvgIpc) is 2.47. The Hall–Kier alpha value is -3.08. The van der Waals surface area contributed by atoms with Crippen molar-refractivity contribution in [3.8, 4) is 5.75 Å². The second-order valence-corrected chi connectivity index (χ2v) is 4.80. The molecule has 2 amide bonds. The number of nitrogens with one attached hydrogen (secondary N) is 2. The fourth-order valence-corrected chi connectivity index (χ4v) is 2.23. The summed E-state index contributed by atoms with van der Waals surface area (Å²) < 4.78 is 13.1. The van der Waals surface area contributed by atoms with E-state index in [2.05, 4.69) is 10.6 Å². The van der Waals surface area contributed by atoms with E-state index in [1.165, 1.54) is 18.2 Å². The number of amides is 2. The molecule has 110 valence electrons. The Morgan fingerprint density at radius 3 is 2.59 bits per heavy atom. The van der Waals surface area contributed by atoms with Crippen LogP contribution < -0.4 is 10.6 Å². The molecule has 5 heteroatoms. The van der Waals surface area contributed by atoms with Crippen LogP contribution in [0, 0.1) is 5.82 Å². The molecule has 0 heterocycles. The van der Waals surface area contributed by atoms with Gasteiger partial charge in [-0.25, -0.2) is 9.18 Å². The van der Waals surface area contributed by atoms with Crippen LogP contribution in [0.2, 0.25) is 0 Å². The molecule has 0 radical (unpaired) electrons. The second kappa shape index (κ2) is 5.73. The van der Waals surface area contributed by atoms with E-state index >= 15 is 0 Å². The maximum absolute atomic E-state index is 13.1. The highest BCUT2D eigenvalue weighted by Gasteiger charge is 2.07. The van der Waals surface area contributed by atoms with E-state index < -0.39 is 11.8 Å². The molecule has 22 heavy (non-hydrogen) atoms. The van der Waals surface area contributed by atoms with Gasteiger partial charge in [0.1, 0.15) is 11.6 Å². The molecule has 0 saturated carbocycles. The first kappa shape index (κ1) is 13.9. The van der Waals surface area contributed by atoms with E-state index in [1.807, 2.05) is 6.07 Å². The Labute approximate surface area is 126 Å². The van der Waals surface area contributed by atoms with Gasteiger partial charge in [0, 0.05) is 11.1 Å².